The Morgan fingerprint density at radius 2 is 1.93 bits per heavy atom. The van der Waals surface area contributed by atoms with Gasteiger partial charge in [-0.25, -0.2) is 9.37 Å². The van der Waals surface area contributed by atoms with Crippen molar-refractivity contribution in [2.45, 2.75) is 6.42 Å². The number of amides is 2. The lowest BCUT2D eigenvalue weighted by molar-refractivity contribution is -0.115. The lowest BCUT2D eigenvalue weighted by Crippen LogP contribution is -2.19. The lowest BCUT2D eigenvalue weighted by Gasteiger charge is -2.13. The fourth-order valence-electron chi connectivity index (χ4n) is 3.13. The molecule has 7 nitrogen and oxygen atoms in total. The van der Waals surface area contributed by atoms with Gasteiger partial charge in [0.1, 0.15) is 5.82 Å². The maximum Gasteiger partial charge on any atom is 0.253 e. The van der Waals surface area contributed by atoms with Crippen molar-refractivity contribution in [1.29, 1.82) is 0 Å². The number of fused-ring (bicyclic) bond motifs is 1. The molecule has 0 fully saturated rings. The Labute approximate surface area is 166 Å². The van der Waals surface area contributed by atoms with Gasteiger partial charge < -0.3 is 21.3 Å². The van der Waals surface area contributed by atoms with Gasteiger partial charge >= 0.3 is 0 Å². The molecule has 4 rings (SSSR count). The molecule has 0 saturated carbocycles. The molecule has 0 saturated heterocycles. The second-order valence-electron chi connectivity index (χ2n) is 6.52. The fourth-order valence-corrected chi connectivity index (χ4v) is 3.13. The minimum Gasteiger partial charge on any atom is -0.355 e. The van der Waals surface area contributed by atoms with Gasteiger partial charge in [0, 0.05) is 24.5 Å². The third-order valence-electron chi connectivity index (χ3n) is 4.53. The summed E-state index contributed by atoms with van der Waals surface area (Å²) in [5.41, 5.74) is 3.47. The van der Waals surface area contributed by atoms with Gasteiger partial charge in [0.05, 0.1) is 29.6 Å². The van der Waals surface area contributed by atoms with Crippen LogP contribution in [0.3, 0.4) is 0 Å². The molecule has 0 spiro atoms. The van der Waals surface area contributed by atoms with Crippen molar-refractivity contribution in [1.82, 2.24) is 10.3 Å². The van der Waals surface area contributed by atoms with Crippen LogP contribution < -0.4 is 21.3 Å². The number of para-hydroxylation sites is 1. The average Bonchev–Trinajstić information content (AvgIpc) is 3.09. The number of halogens is 1. The van der Waals surface area contributed by atoms with Crippen LogP contribution in [0.1, 0.15) is 15.9 Å². The van der Waals surface area contributed by atoms with Crippen LogP contribution in [0.4, 0.5) is 33.0 Å². The number of rotatable bonds is 5. The summed E-state index contributed by atoms with van der Waals surface area (Å²) in [6, 6.07) is 13.8. The van der Waals surface area contributed by atoms with Crippen LogP contribution >= 0.6 is 0 Å². The number of hydrogen-bond acceptors (Lipinski definition) is 5. The molecule has 0 unspecified atom stereocenters. The molecule has 1 aliphatic rings. The largest absolute Gasteiger partial charge is 0.355 e. The number of benzene rings is 2. The molecule has 2 amide bonds. The first-order chi connectivity index (χ1) is 14.0. The topological polar surface area (TPSA) is 95.2 Å². The zero-order valence-electron chi connectivity index (χ0n) is 15.5. The predicted molar refractivity (Wildman–Crippen MR) is 109 cm³/mol. The van der Waals surface area contributed by atoms with E-state index in [0.29, 0.717) is 23.5 Å². The van der Waals surface area contributed by atoms with Crippen molar-refractivity contribution in [3.63, 3.8) is 0 Å². The SMILES string of the molecule is CNC(=O)c1ccccc1Nc1cc(Nc2ccc3c(c2)CC(=O)N3)ncc1F. The van der Waals surface area contributed by atoms with Gasteiger partial charge in [0.2, 0.25) is 5.91 Å². The number of hydrogen-bond donors (Lipinski definition) is 4. The van der Waals surface area contributed by atoms with E-state index in [9.17, 15) is 14.0 Å². The number of aromatic nitrogens is 1. The lowest BCUT2D eigenvalue weighted by atomic mass is 10.1. The minimum atomic E-state index is -0.550. The Morgan fingerprint density at radius 3 is 2.76 bits per heavy atom. The Balaban J connectivity index is 1.59. The van der Waals surface area contributed by atoms with E-state index in [1.807, 2.05) is 18.2 Å². The number of nitrogens with zero attached hydrogens (tertiary/aromatic N) is 1. The molecule has 1 aliphatic heterocycles. The Kier molecular flexibility index (Phi) is 4.82. The third-order valence-corrected chi connectivity index (χ3v) is 4.53. The Bertz CT molecular complexity index is 1120. The van der Waals surface area contributed by atoms with E-state index < -0.39 is 5.82 Å². The summed E-state index contributed by atoms with van der Waals surface area (Å²) in [6.07, 6.45) is 1.43. The number of anilines is 5. The van der Waals surface area contributed by atoms with Crippen molar-refractivity contribution >= 4 is 40.4 Å². The van der Waals surface area contributed by atoms with Crippen molar-refractivity contribution in [2.75, 3.05) is 23.0 Å². The monoisotopic (exact) mass is 391 g/mol. The van der Waals surface area contributed by atoms with Crippen LogP contribution in [0.5, 0.6) is 0 Å². The first-order valence-electron chi connectivity index (χ1n) is 8.97. The van der Waals surface area contributed by atoms with Crippen LogP contribution in [0, 0.1) is 5.82 Å². The Hall–Kier alpha value is -3.94. The van der Waals surface area contributed by atoms with E-state index in [0.717, 1.165) is 23.1 Å². The maximum atomic E-state index is 14.3. The van der Waals surface area contributed by atoms with Gasteiger partial charge in [-0.1, -0.05) is 12.1 Å². The molecule has 4 N–H and O–H groups in total. The van der Waals surface area contributed by atoms with Crippen LogP contribution in [0.25, 0.3) is 0 Å². The van der Waals surface area contributed by atoms with Gasteiger partial charge in [0.25, 0.3) is 5.91 Å². The van der Waals surface area contributed by atoms with E-state index in [4.69, 9.17) is 0 Å². The maximum absolute atomic E-state index is 14.3. The highest BCUT2D eigenvalue weighted by Gasteiger charge is 2.18. The molecular weight excluding hydrogens is 373 g/mol. The molecule has 29 heavy (non-hydrogen) atoms. The molecular formula is C21H18FN5O2. The zero-order valence-corrected chi connectivity index (χ0v) is 15.5. The minimum absolute atomic E-state index is 0.0432. The first kappa shape index (κ1) is 18.4. The molecule has 0 atom stereocenters. The zero-order chi connectivity index (χ0) is 20.4. The van der Waals surface area contributed by atoms with E-state index in [-0.39, 0.29) is 17.5 Å². The van der Waals surface area contributed by atoms with Crippen LogP contribution in [0.15, 0.2) is 54.7 Å². The van der Waals surface area contributed by atoms with Crippen LogP contribution in [-0.4, -0.2) is 23.8 Å². The summed E-state index contributed by atoms with van der Waals surface area (Å²) in [7, 11) is 1.54. The van der Waals surface area contributed by atoms with Crippen molar-refractivity contribution < 1.29 is 14.0 Å². The highest BCUT2D eigenvalue weighted by Crippen LogP contribution is 2.29. The second-order valence-corrected chi connectivity index (χ2v) is 6.52. The summed E-state index contributed by atoms with van der Waals surface area (Å²) in [5, 5.41) is 11.4. The first-order valence-corrected chi connectivity index (χ1v) is 8.97. The van der Waals surface area contributed by atoms with E-state index >= 15 is 0 Å². The van der Waals surface area contributed by atoms with Gasteiger partial charge in [-0.05, 0) is 35.9 Å². The standard InChI is InChI=1S/C21H18FN5O2/c1-23-21(29)14-4-2-3-5-17(14)26-18-10-19(24-11-15(18)22)25-13-6-7-16-12(8-13)9-20(28)27-16/h2-8,10-11H,9H2,1H3,(H,23,29)(H,27,28)(H2,24,25,26). The summed E-state index contributed by atoms with van der Waals surface area (Å²) in [5.74, 6) is -0.449. The highest BCUT2D eigenvalue weighted by molar-refractivity contribution is 6.00. The van der Waals surface area contributed by atoms with Gasteiger partial charge in [-0.15, -0.1) is 0 Å². The number of carbonyl (C=O) groups is 2. The second kappa shape index (κ2) is 7.59. The molecule has 146 valence electrons. The fraction of sp³-hybridized carbons (Fsp3) is 0.0952. The molecule has 2 heterocycles. The molecule has 0 radical (unpaired) electrons. The van der Waals surface area contributed by atoms with Crippen molar-refractivity contribution in [3.8, 4) is 0 Å². The average molecular weight is 391 g/mol. The number of carbonyl (C=O) groups excluding carboxylic acids is 2. The molecule has 3 aromatic rings. The molecule has 0 bridgehead atoms. The smallest absolute Gasteiger partial charge is 0.253 e. The van der Waals surface area contributed by atoms with E-state index in [1.165, 1.54) is 13.1 Å². The third kappa shape index (κ3) is 3.86. The molecule has 8 heteroatoms. The van der Waals surface area contributed by atoms with Gasteiger partial charge in [-0.2, -0.15) is 0 Å². The van der Waals surface area contributed by atoms with Crippen molar-refractivity contribution in [2.24, 2.45) is 0 Å². The number of pyridine rings is 1. The number of nitrogens with one attached hydrogen (secondary N) is 4. The normalized spacial score (nSPS) is 12.1. The van der Waals surface area contributed by atoms with Crippen molar-refractivity contribution in [3.05, 3.63) is 71.7 Å². The summed E-state index contributed by atoms with van der Waals surface area (Å²) in [4.78, 5) is 27.6. The summed E-state index contributed by atoms with van der Waals surface area (Å²) >= 11 is 0. The van der Waals surface area contributed by atoms with Gasteiger partial charge in [-0.3, -0.25) is 9.59 Å². The molecule has 0 aliphatic carbocycles. The molecule has 1 aromatic heterocycles. The highest BCUT2D eigenvalue weighted by atomic mass is 19.1. The summed E-state index contributed by atoms with van der Waals surface area (Å²) in [6.45, 7) is 0. The molecule has 2 aromatic carbocycles. The van der Waals surface area contributed by atoms with E-state index in [1.54, 1.807) is 24.3 Å². The van der Waals surface area contributed by atoms with Gasteiger partial charge in [0.15, 0.2) is 5.82 Å². The van der Waals surface area contributed by atoms with E-state index in [2.05, 4.69) is 26.3 Å². The van der Waals surface area contributed by atoms with Crippen LogP contribution in [-0.2, 0) is 11.2 Å². The summed E-state index contributed by atoms with van der Waals surface area (Å²) < 4.78 is 14.3. The predicted octanol–water partition coefficient (Wildman–Crippen LogP) is 3.56. The quantitative estimate of drug-likeness (QED) is 0.533. The van der Waals surface area contributed by atoms with Crippen LogP contribution in [0.2, 0.25) is 0 Å². The Morgan fingerprint density at radius 1 is 1.10 bits per heavy atom.